The predicted octanol–water partition coefficient (Wildman–Crippen LogP) is 5.30. The molecule has 0 saturated heterocycles. The largest absolute Gasteiger partial charge is 0.379 e. The highest BCUT2D eigenvalue weighted by molar-refractivity contribution is 5.50. The lowest BCUT2D eigenvalue weighted by atomic mass is 9.49. The molecule has 4 saturated carbocycles. The van der Waals surface area contributed by atoms with Gasteiger partial charge in [0, 0.05) is 22.5 Å². The molecule has 24 heavy (non-hydrogen) atoms. The van der Waals surface area contributed by atoms with E-state index in [-0.39, 0.29) is 11.1 Å². The van der Waals surface area contributed by atoms with Crippen molar-refractivity contribution in [3.63, 3.8) is 0 Å². The van der Waals surface area contributed by atoms with Crippen molar-refractivity contribution in [2.24, 2.45) is 11.8 Å². The summed E-state index contributed by atoms with van der Waals surface area (Å²) in [7, 11) is 0. The molecule has 0 spiro atoms. The fourth-order valence-corrected chi connectivity index (χ4v) is 6.21. The summed E-state index contributed by atoms with van der Waals surface area (Å²) >= 11 is 0. The van der Waals surface area contributed by atoms with Gasteiger partial charge in [0.1, 0.15) is 0 Å². The third kappa shape index (κ3) is 2.49. The third-order valence-corrected chi connectivity index (χ3v) is 6.43. The van der Waals surface area contributed by atoms with Gasteiger partial charge in [-0.2, -0.15) is 0 Å². The molecule has 4 aliphatic rings. The number of nitrogens with one attached hydrogen (secondary N) is 2. The van der Waals surface area contributed by atoms with E-state index in [4.69, 9.17) is 0 Å². The van der Waals surface area contributed by atoms with Crippen LogP contribution in [0.5, 0.6) is 0 Å². The molecule has 0 aliphatic heterocycles. The molecule has 2 N–H and O–H groups in total. The van der Waals surface area contributed by atoms with Crippen molar-refractivity contribution in [3.8, 4) is 0 Å². The van der Waals surface area contributed by atoms with Crippen molar-refractivity contribution in [3.05, 3.63) is 60.7 Å². The van der Waals surface area contributed by atoms with E-state index in [1.165, 1.54) is 49.9 Å². The molecule has 0 heterocycles. The standard InChI is InChI=1S/C22H26N2/c1-3-7-19(8-4-1)23-21-12-17-11-18(13-21)15-22(14-17,16-21)24-20-9-5-2-6-10-20/h1-10,17-18,23-24H,11-16H2. The van der Waals surface area contributed by atoms with Gasteiger partial charge in [-0.05, 0) is 74.6 Å². The fraction of sp³-hybridized carbons (Fsp3) is 0.455. The second kappa shape index (κ2) is 5.27. The van der Waals surface area contributed by atoms with E-state index >= 15 is 0 Å². The number of benzene rings is 2. The Balaban J connectivity index is 1.44. The van der Waals surface area contributed by atoms with Gasteiger partial charge in [-0.25, -0.2) is 0 Å². The first-order valence-electron chi connectivity index (χ1n) is 9.39. The lowest BCUT2D eigenvalue weighted by Crippen LogP contribution is -2.64. The van der Waals surface area contributed by atoms with Crippen LogP contribution < -0.4 is 10.6 Å². The van der Waals surface area contributed by atoms with E-state index in [2.05, 4.69) is 71.3 Å². The van der Waals surface area contributed by atoms with Gasteiger partial charge in [-0.3, -0.25) is 0 Å². The molecule has 0 atom stereocenters. The average molecular weight is 318 g/mol. The number of para-hydroxylation sites is 2. The molecule has 124 valence electrons. The fourth-order valence-electron chi connectivity index (χ4n) is 6.21. The summed E-state index contributed by atoms with van der Waals surface area (Å²) in [6.07, 6.45) is 8.06. The SMILES string of the molecule is c1ccc(NC23CC4CC(C2)CC(Nc2ccccc2)(C4)C3)cc1. The number of hydrogen-bond donors (Lipinski definition) is 2. The first-order valence-corrected chi connectivity index (χ1v) is 9.39. The number of hydrogen-bond acceptors (Lipinski definition) is 2. The number of anilines is 2. The van der Waals surface area contributed by atoms with Crippen molar-refractivity contribution < 1.29 is 0 Å². The van der Waals surface area contributed by atoms with Crippen LogP contribution in [0.15, 0.2) is 60.7 Å². The van der Waals surface area contributed by atoms with E-state index in [0.29, 0.717) is 0 Å². The molecule has 6 rings (SSSR count). The Bertz CT molecular complexity index is 636. The zero-order valence-electron chi connectivity index (χ0n) is 14.2. The Morgan fingerprint density at radius 1 is 0.625 bits per heavy atom. The van der Waals surface area contributed by atoms with Crippen molar-refractivity contribution in [1.82, 2.24) is 0 Å². The molecule has 4 fully saturated rings. The summed E-state index contributed by atoms with van der Waals surface area (Å²) < 4.78 is 0. The molecule has 2 aromatic carbocycles. The highest BCUT2D eigenvalue weighted by Crippen LogP contribution is 2.59. The molecule has 2 nitrogen and oxygen atoms in total. The van der Waals surface area contributed by atoms with Crippen LogP contribution in [-0.4, -0.2) is 11.1 Å². The Morgan fingerprint density at radius 3 is 1.46 bits per heavy atom. The summed E-state index contributed by atoms with van der Waals surface area (Å²) in [5.74, 6) is 1.75. The monoisotopic (exact) mass is 318 g/mol. The Morgan fingerprint density at radius 2 is 1.04 bits per heavy atom. The zero-order chi connectivity index (χ0) is 16.0. The van der Waals surface area contributed by atoms with Crippen molar-refractivity contribution in [2.45, 2.75) is 49.6 Å². The van der Waals surface area contributed by atoms with Gasteiger partial charge in [0.15, 0.2) is 0 Å². The molecule has 0 radical (unpaired) electrons. The van der Waals surface area contributed by atoms with Crippen LogP contribution in [0.4, 0.5) is 11.4 Å². The van der Waals surface area contributed by atoms with Crippen molar-refractivity contribution in [2.75, 3.05) is 10.6 Å². The predicted molar refractivity (Wildman–Crippen MR) is 100 cm³/mol. The maximum Gasteiger partial charge on any atom is 0.0401 e. The van der Waals surface area contributed by atoms with Crippen LogP contribution in [0.1, 0.15) is 38.5 Å². The maximum absolute atomic E-state index is 3.96. The Kier molecular flexibility index (Phi) is 3.16. The number of rotatable bonds is 4. The molecule has 0 unspecified atom stereocenters. The minimum absolute atomic E-state index is 0.285. The minimum atomic E-state index is 0.285. The molecule has 0 aromatic heterocycles. The van der Waals surface area contributed by atoms with Gasteiger partial charge in [-0.15, -0.1) is 0 Å². The normalized spacial score (nSPS) is 36.5. The lowest BCUT2D eigenvalue weighted by molar-refractivity contribution is 0.00214. The summed E-state index contributed by atoms with van der Waals surface area (Å²) in [6.45, 7) is 0. The van der Waals surface area contributed by atoms with Crippen LogP contribution in [0.2, 0.25) is 0 Å². The molecule has 2 aromatic rings. The van der Waals surface area contributed by atoms with Gasteiger partial charge in [0.25, 0.3) is 0 Å². The molecule has 4 bridgehead atoms. The Hall–Kier alpha value is -1.96. The van der Waals surface area contributed by atoms with E-state index in [0.717, 1.165) is 11.8 Å². The highest BCUT2D eigenvalue weighted by atomic mass is 15.1. The van der Waals surface area contributed by atoms with Crippen molar-refractivity contribution >= 4 is 11.4 Å². The van der Waals surface area contributed by atoms with Crippen LogP contribution in [0.3, 0.4) is 0 Å². The van der Waals surface area contributed by atoms with Gasteiger partial charge in [0.05, 0.1) is 0 Å². The van der Waals surface area contributed by atoms with Gasteiger partial charge in [0.2, 0.25) is 0 Å². The second-order valence-corrected chi connectivity index (χ2v) is 8.50. The van der Waals surface area contributed by atoms with E-state index < -0.39 is 0 Å². The van der Waals surface area contributed by atoms with Crippen molar-refractivity contribution in [1.29, 1.82) is 0 Å². The van der Waals surface area contributed by atoms with Crippen LogP contribution >= 0.6 is 0 Å². The van der Waals surface area contributed by atoms with Gasteiger partial charge in [-0.1, -0.05) is 36.4 Å². The van der Waals surface area contributed by atoms with E-state index in [9.17, 15) is 0 Å². The summed E-state index contributed by atoms with van der Waals surface area (Å²) in [5.41, 5.74) is 3.14. The zero-order valence-corrected chi connectivity index (χ0v) is 14.2. The maximum atomic E-state index is 3.96. The van der Waals surface area contributed by atoms with Crippen LogP contribution in [0, 0.1) is 11.8 Å². The van der Waals surface area contributed by atoms with Gasteiger partial charge >= 0.3 is 0 Å². The highest BCUT2D eigenvalue weighted by Gasteiger charge is 2.57. The first kappa shape index (κ1) is 14.4. The molecular formula is C22H26N2. The first-order chi connectivity index (χ1) is 11.7. The quantitative estimate of drug-likeness (QED) is 0.799. The lowest BCUT2D eigenvalue weighted by Gasteiger charge is -2.62. The molecular weight excluding hydrogens is 292 g/mol. The van der Waals surface area contributed by atoms with E-state index in [1.807, 2.05) is 0 Å². The second-order valence-electron chi connectivity index (χ2n) is 8.50. The van der Waals surface area contributed by atoms with E-state index in [1.54, 1.807) is 0 Å². The molecule has 2 heteroatoms. The smallest absolute Gasteiger partial charge is 0.0401 e. The molecule has 4 aliphatic carbocycles. The Labute approximate surface area is 144 Å². The molecule has 0 amide bonds. The average Bonchev–Trinajstić information content (AvgIpc) is 2.54. The summed E-state index contributed by atoms with van der Waals surface area (Å²) in [4.78, 5) is 0. The summed E-state index contributed by atoms with van der Waals surface area (Å²) in [5, 5.41) is 7.91. The van der Waals surface area contributed by atoms with Crippen LogP contribution in [0.25, 0.3) is 0 Å². The summed E-state index contributed by atoms with van der Waals surface area (Å²) in [6, 6.07) is 21.6. The van der Waals surface area contributed by atoms with Gasteiger partial charge < -0.3 is 10.6 Å². The minimum Gasteiger partial charge on any atom is -0.379 e. The third-order valence-electron chi connectivity index (χ3n) is 6.43. The van der Waals surface area contributed by atoms with Crippen LogP contribution in [-0.2, 0) is 0 Å². The topological polar surface area (TPSA) is 24.1 Å².